The third-order valence-electron chi connectivity index (χ3n) is 3.86. The lowest BCUT2D eigenvalue weighted by molar-refractivity contribution is 0.379. The fraction of sp³-hybridized carbons (Fsp3) is 0.600. The maximum absolute atomic E-state index is 3.65. The normalized spacial score (nSPS) is 18.8. The molecular weight excluding hydrogens is 306 g/mol. The van der Waals surface area contributed by atoms with Gasteiger partial charge in [-0.3, -0.25) is 0 Å². The van der Waals surface area contributed by atoms with Crippen LogP contribution in [-0.4, -0.2) is 17.5 Å². The van der Waals surface area contributed by atoms with Gasteiger partial charge in [0.15, 0.2) is 0 Å². The summed E-state index contributed by atoms with van der Waals surface area (Å²) in [4.78, 5) is 0. The molecule has 1 aromatic rings. The minimum atomic E-state index is 0.490. The minimum Gasteiger partial charge on any atom is -0.311 e. The number of hydrogen-bond acceptors (Lipinski definition) is 2. The highest BCUT2D eigenvalue weighted by Gasteiger charge is 2.30. The molecule has 1 N–H and O–H groups in total. The van der Waals surface area contributed by atoms with Gasteiger partial charge in [-0.05, 0) is 36.8 Å². The number of thioether (sulfide) groups is 1. The molecule has 0 atom stereocenters. The van der Waals surface area contributed by atoms with Crippen LogP contribution in [0.2, 0.25) is 0 Å². The maximum Gasteiger partial charge on any atom is 0.0281 e. The van der Waals surface area contributed by atoms with Crippen LogP contribution in [0.15, 0.2) is 28.7 Å². The van der Waals surface area contributed by atoms with E-state index in [0.29, 0.717) is 4.75 Å². The summed E-state index contributed by atoms with van der Waals surface area (Å²) in [6, 6.07) is 8.56. The molecule has 1 nitrogen and oxygen atoms in total. The molecule has 0 aromatic heterocycles. The van der Waals surface area contributed by atoms with Gasteiger partial charge in [0.2, 0.25) is 0 Å². The second-order valence-electron chi connectivity index (χ2n) is 5.18. The predicted molar refractivity (Wildman–Crippen MR) is 85.2 cm³/mol. The van der Waals surface area contributed by atoms with E-state index in [4.69, 9.17) is 0 Å². The maximum atomic E-state index is 3.65. The fourth-order valence-electron chi connectivity index (χ4n) is 2.73. The number of nitrogens with one attached hydrogen (secondary N) is 1. The van der Waals surface area contributed by atoms with Crippen LogP contribution >= 0.6 is 27.7 Å². The first kappa shape index (κ1) is 14.4. The van der Waals surface area contributed by atoms with Gasteiger partial charge in [0, 0.05) is 22.3 Å². The Morgan fingerprint density at radius 2 is 2.06 bits per heavy atom. The standard InChI is InChI=1S/C15H22BrNS/c1-18-15(8-3-2-4-9-15)12-17-11-13-6-5-7-14(16)10-13/h5-7,10,17H,2-4,8-9,11-12H2,1H3. The van der Waals surface area contributed by atoms with Crippen molar-refractivity contribution in [3.8, 4) is 0 Å². The van der Waals surface area contributed by atoms with E-state index in [-0.39, 0.29) is 0 Å². The Morgan fingerprint density at radius 3 is 2.72 bits per heavy atom. The van der Waals surface area contributed by atoms with Gasteiger partial charge in [-0.15, -0.1) is 0 Å². The lowest BCUT2D eigenvalue weighted by Gasteiger charge is -2.36. The van der Waals surface area contributed by atoms with Crippen LogP contribution in [0, 0.1) is 0 Å². The summed E-state index contributed by atoms with van der Waals surface area (Å²) in [5, 5.41) is 3.65. The Balaban J connectivity index is 1.83. The number of hydrogen-bond donors (Lipinski definition) is 1. The third kappa shape index (κ3) is 4.01. The quantitative estimate of drug-likeness (QED) is 0.847. The van der Waals surface area contributed by atoms with E-state index in [1.807, 2.05) is 0 Å². The highest BCUT2D eigenvalue weighted by Crippen LogP contribution is 2.37. The molecule has 100 valence electrons. The van der Waals surface area contributed by atoms with E-state index in [9.17, 15) is 0 Å². The van der Waals surface area contributed by atoms with Gasteiger partial charge in [0.05, 0.1) is 0 Å². The fourth-order valence-corrected chi connectivity index (χ4v) is 4.12. The Labute approximate surface area is 123 Å². The Kier molecular flexibility index (Phi) is 5.58. The van der Waals surface area contributed by atoms with Crippen LogP contribution in [0.1, 0.15) is 37.7 Å². The smallest absolute Gasteiger partial charge is 0.0281 e. The molecule has 1 fully saturated rings. The van der Waals surface area contributed by atoms with Gasteiger partial charge in [-0.1, -0.05) is 47.3 Å². The highest BCUT2D eigenvalue weighted by atomic mass is 79.9. The van der Waals surface area contributed by atoms with Gasteiger partial charge in [-0.25, -0.2) is 0 Å². The summed E-state index contributed by atoms with van der Waals surface area (Å²) >= 11 is 5.58. The average molecular weight is 328 g/mol. The van der Waals surface area contributed by atoms with Crippen molar-refractivity contribution < 1.29 is 0 Å². The van der Waals surface area contributed by atoms with Crippen molar-refractivity contribution in [2.45, 2.75) is 43.4 Å². The van der Waals surface area contributed by atoms with Crippen molar-refractivity contribution in [3.05, 3.63) is 34.3 Å². The number of benzene rings is 1. The zero-order valence-corrected chi connectivity index (χ0v) is 13.4. The van der Waals surface area contributed by atoms with Crippen molar-refractivity contribution in [1.82, 2.24) is 5.32 Å². The molecule has 0 unspecified atom stereocenters. The summed E-state index contributed by atoms with van der Waals surface area (Å²) in [7, 11) is 0. The van der Waals surface area contributed by atoms with Gasteiger partial charge >= 0.3 is 0 Å². The molecule has 0 bridgehead atoms. The van der Waals surface area contributed by atoms with Crippen molar-refractivity contribution >= 4 is 27.7 Å². The summed E-state index contributed by atoms with van der Waals surface area (Å²) in [5.74, 6) is 0. The summed E-state index contributed by atoms with van der Waals surface area (Å²) in [6.45, 7) is 2.11. The van der Waals surface area contributed by atoms with Crippen LogP contribution in [0.4, 0.5) is 0 Å². The summed E-state index contributed by atoms with van der Waals surface area (Å²) in [5.41, 5.74) is 1.36. The van der Waals surface area contributed by atoms with Gasteiger partial charge in [0.25, 0.3) is 0 Å². The molecule has 3 heteroatoms. The SMILES string of the molecule is CSC1(CNCc2cccc(Br)c2)CCCCC1. The molecule has 0 saturated heterocycles. The van der Waals surface area contributed by atoms with E-state index in [1.165, 1.54) is 42.1 Å². The molecule has 0 radical (unpaired) electrons. The third-order valence-corrected chi connectivity index (χ3v) is 5.77. The average Bonchev–Trinajstić information content (AvgIpc) is 2.40. The topological polar surface area (TPSA) is 12.0 Å². The van der Waals surface area contributed by atoms with Crippen molar-refractivity contribution in [2.24, 2.45) is 0 Å². The van der Waals surface area contributed by atoms with Crippen LogP contribution in [-0.2, 0) is 6.54 Å². The van der Waals surface area contributed by atoms with Crippen molar-refractivity contribution in [3.63, 3.8) is 0 Å². The lowest BCUT2D eigenvalue weighted by atomic mass is 9.88. The van der Waals surface area contributed by atoms with E-state index in [1.54, 1.807) is 0 Å². The van der Waals surface area contributed by atoms with Crippen LogP contribution in [0.5, 0.6) is 0 Å². The highest BCUT2D eigenvalue weighted by molar-refractivity contribution is 9.10. The molecule has 1 saturated carbocycles. The van der Waals surface area contributed by atoms with Crippen molar-refractivity contribution in [2.75, 3.05) is 12.8 Å². The Morgan fingerprint density at radius 1 is 1.28 bits per heavy atom. The summed E-state index contributed by atoms with van der Waals surface area (Å²) in [6.07, 6.45) is 9.25. The monoisotopic (exact) mass is 327 g/mol. The van der Waals surface area contributed by atoms with Crippen LogP contribution in [0.3, 0.4) is 0 Å². The van der Waals surface area contributed by atoms with E-state index in [0.717, 1.165) is 13.1 Å². The zero-order valence-electron chi connectivity index (χ0n) is 11.0. The first-order valence-corrected chi connectivity index (χ1v) is 8.76. The van der Waals surface area contributed by atoms with E-state index in [2.05, 4.69) is 63.5 Å². The number of rotatable bonds is 5. The largest absolute Gasteiger partial charge is 0.311 e. The van der Waals surface area contributed by atoms with Crippen LogP contribution in [0.25, 0.3) is 0 Å². The first-order valence-electron chi connectivity index (χ1n) is 6.74. The van der Waals surface area contributed by atoms with E-state index >= 15 is 0 Å². The van der Waals surface area contributed by atoms with Gasteiger partial charge < -0.3 is 5.32 Å². The number of halogens is 1. The molecule has 0 amide bonds. The molecule has 0 aliphatic heterocycles. The minimum absolute atomic E-state index is 0.490. The molecular formula is C15H22BrNS. The second kappa shape index (κ2) is 6.97. The molecule has 1 aliphatic rings. The van der Waals surface area contributed by atoms with Crippen LogP contribution < -0.4 is 5.32 Å². The molecule has 2 rings (SSSR count). The molecule has 1 aromatic carbocycles. The Hall–Kier alpha value is 0.01000. The zero-order chi connectivity index (χ0) is 12.8. The molecule has 1 aliphatic carbocycles. The predicted octanol–water partition coefficient (Wildman–Crippen LogP) is 4.60. The van der Waals surface area contributed by atoms with E-state index < -0.39 is 0 Å². The second-order valence-corrected chi connectivity index (χ2v) is 7.37. The summed E-state index contributed by atoms with van der Waals surface area (Å²) < 4.78 is 1.66. The molecule has 0 heterocycles. The molecule has 18 heavy (non-hydrogen) atoms. The lowest BCUT2D eigenvalue weighted by Crippen LogP contribution is -2.39. The van der Waals surface area contributed by atoms with Crippen molar-refractivity contribution in [1.29, 1.82) is 0 Å². The van der Waals surface area contributed by atoms with Gasteiger partial charge in [-0.2, -0.15) is 11.8 Å². The van der Waals surface area contributed by atoms with Gasteiger partial charge in [0.1, 0.15) is 0 Å². The Bertz CT molecular complexity index is 375. The first-order chi connectivity index (χ1) is 8.74. The molecule has 0 spiro atoms.